The lowest BCUT2D eigenvalue weighted by Gasteiger charge is -2.23. The first-order valence-corrected chi connectivity index (χ1v) is 7.90. The van der Waals surface area contributed by atoms with Crippen LogP contribution in [0.2, 0.25) is 0 Å². The van der Waals surface area contributed by atoms with Crippen LogP contribution in [0.4, 0.5) is 4.39 Å². The smallest absolute Gasteiger partial charge is 0.123 e. The van der Waals surface area contributed by atoms with Gasteiger partial charge >= 0.3 is 0 Å². The third-order valence-electron chi connectivity index (χ3n) is 4.05. The highest BCUT2D eigenvalue weighted by molar-refractivity contribution is 5.16. The highest BCUT2D eigenvalue weighted by Gasteiger charge is 2.22. The van der Waals surface area contributed by atoms with Gasteiger partial charge < -0.3 is 4.74 Å². The number of benzene rings is 1. The zero-order valence-corrected chi connectivity index (χ0v) is 13.2. The van der Waals surface area contributed by atoms with Crippen LogP contribution in [0.3, 0.4) is 0 Å². The van der Waals surface area contributed by atoms with Crippen LogP contribution in [0.15, 0.2) is 49.2 Å². The third kappa shape index (κ3) is 4.27. The molecule has 1 atom stereocenters. The average Bonchev–Trinajstić information content (AvgIpc) is 2.90. The number of hydrogen-bond acceptors (Lipinski definition) is 3. The van der Waals surface area contributed by atoms with Crippen LogP contribution in [0.5, 0.6) is 0 Å². The number of hydrogen-bond donors (Lipinski definition) is 0. The van der Waals surface area contributed by atoms with Crippen molar-refractivity contribution < 1.29 is 9.13 Å². The van der Waals surface area contributed by atoms with Crippen molar-refractivity contribution in [2.24, 2.45) is 5.92 Å². The number of ether oxygens (including phenoxy) is 1. The normalized spacial score (nSPS) is 18.4. The van der Waals surface area contributed by atoms with Crippen LogP contribution >= 0.6 is 0 Å². The molecule has 2 aromatic rings. The molecule has 1 aliphatic heterocycles. The molecule has 1 aromatic carbocycles. The summed E-state index contributed by atoms with van der Waals surface area (Å²) in [7, 11) is 0. The third-order valence-corrected chi connectivity index (χ3v) is 4.05. The lowest BCUT2D eigenvalue weighted by atomic mass is 10.1. The van der Waals surface area contributed by atoms with Gasteiger partial charge in [0.15, 0.2) is 0 Å². The fraction of sp³-hybridized carbons (Fsp3) is 0.389. The van der Waals surface area contributed by atoms with E-state index >= 15 is 0 Å². The summed E-state index contributed by atoms with van der Waals surface area (Å²) < 4.78 is 20.8. The summed E-state index contributed by atoms with van der Waals surface area (Å²) in [5.41, 5.74) is 2.32. The van der Waals surface area contributed by atoms with Gasteiger partial charge in [0.25, 0.3) is 0 Å². The number of rotatable bonds is 6. The number of fused-ring (bicyclic) bond motifs is 1. The molecule has 0 spiro atoms. The van der Waals surface area contributed by atoms with Gasteiger partial charge in [-0.05, 0) is 23.8 Å². The first kappa shape index (κ1) is 15.9. The Balaban J connectivity index is 1.70. The minimum absolute atomic E-state index is 0.196. The van der Waals surface area contributed by atoms with Crippen LogP contribution in [0.1, 0.15) is 11.3 Å². The van der Waals surface area contributed by atoms with Gasteiger partial charge in [-0.2, -0.15) is 5.10 Å². The molecular weight excluding hydrogens is 293 g/mol. The van der Waals surface area contributed by atoms with E-state index < -0.39 is 0 Å². The van der Waals surface area contributed by atoms with Gasteiger partial charge in [-0.15, -0.1) is 6.58 Å². The van der Waals surface area contributed by atoms with Gasteiger partial charge in [0.1, 0.15) is 5.82 Å². The molecule has 2 heterocycles. The minimum atomic E-state index is -0.196. The number of aromatic nitrogens is 2. The monoisotopic (exact) mass is 315 g/mol. The molecule has 0 amide bonds. The molecule has 4 nitrogen and oxygen atoms in total. The second kappa shape index (κ2) is 7.53. The van der Waals surface area contributed by atoms with Gasteiger partial charge in [0.05, 0.1) is 18.9 Å². The predicted octanol–water partition coefficient (Wildman–Crippen LogP) is 2.86. The molecule has 1 aliphatic rings. The zero-order valence-electron chi connectivity index (χ0n) is 13.2. The second-order valence-electron chi connectivity index (χ2n) is 5.99. The van der Waals surface area contributed by atoms with Crippen molar-refractivity contribution >= 4 is 0 Å². The highest BCUT2D eigenvalue weighted by Crippen LogP contribution is 2.18. The van der Waals surface area contributed by atoms with E-state index in [1.165, 1.54) is 17.8 Å². The van der Waals surface area contributed by atoms with Crippen molar-refractivity contribution in [3.63, 3.8) is 0 Å². The van der Waals surface area contributed by atoms with E-state index in [2.05, 4.69) is 27.3 Å². The zero-order chi connectivity index (χ0) is 16.1. The Morgan fingerprint density at radius 3 is 2.87 bits per heavy atom. The van der Waals surface area contributed by atoms with Crippen molar-refractivity contribution in [2.45, 2.75) is 19.6 Å². The van der Waals surface area contributed by atoms with Gasteiger partial charge in [-0.3, -0.25) is 9.58 Å². The van der Waals surface area contributed by atoms with Crippen molar-refractivity contribution in [2.75, 3.05) is 19.8 Å². The van der Waals surface area contributed by atoms with Crippen LogP contribution < -0.4 is 0 Å². The summed E-state index contributed by atoms with van der Waals surface area (Å²) in [4.78, 5) is 2.37. The van der Waals surface area contributed by atoms with Gasteiger partial charge in [-0.1, -0.05) is 18.2 Å². The number of nitrogens with zero attached hydrogens (tertiary/aromatic N) is 3. The summed E-state index contributed by atoms with van der Waals surface area (Å²) in [6.07, 6.45) is 3.62. The van der Waals surface area contributed by atoms with Crippen LogP contribution in [-0.2, 0) is 24.4 Å². The summed E-state index contributed by atoms with van der Waals surface area (Å²) in [5.74, 6) is 0.176. The molecule has 3 rings (SSSR count). The Bertz CT molecular complexity index is 638. The molecule has 0 bridgehead atoms. The summed E-state index contributed by atoms with van der Waals surface area (Å²) in [6, 6.07) is 8.79. The summed E-state index contributed by atoms with van der Waals surface area (Å²) in [5, 5.41) is 4.41. The first-order chi connectivity index (χ1) is 11.2. The Kier molecular flexibility index (Phi) is 5.20. The van der Waals surface area contributed by atoms with Gasteiger partial charge in [-0.25, -0.2) is 4.39 Å². The average molecular weight is 315 g/mol. The SMILES string of the molecule is C=CCOCC1CN(Cc2ccc(F)cc2)Cc2ccnn2C1. The van der Waals surface area contributed by atoms with Crippen molar-refractivity contribution in [1.29, 1.82) is 0 Å². The molecule has 1 unspecified atom stereocenters. The quantitative estimate of drug-likeness (QED) is 0.606. The lowest BCUT2D eigenvalue weighted by Crippen LogP contribution is -2.30. The van der Waals surface area contributed by atoms with E-state index in [0.717, 1.165) is 31.7 Å². The molecule has 0 radical (unpaired) electrons. The standard InChI is InChI=1S/C18H22FN3O/c1-2-9-23-14-16-11-21(10-15-3-5-17(19)6-4-15)13-18-7-8-20-22(18)12-16/h2-8,16H,1,9-14H2. The Morgan fingerprint density at radius 2 is 2.09 bits per heavy atom. The first-order valence-electron chi connectivity index (χ1n) is 7.90. The van der Waals surface area contributed by atoms with Crippen molar-refractivity contribution in [3.8, 4) is 0 Å². The van der Waals surface area contributed by atoms with E-state index in [1.54, 1.807) is 6.08 Å². The van der Waals surface area contributed by atoms with E-state index in [9.17, 15) is 4.39 Å². The molecule has 0 aliphatic carbocycles. The van der Waals surface area contributed by atoms with Crippen LogP contribution in [0.25, 0.3) is 0 Å². The fourth-order valence-corrected chi connectivity index (χ4v) is 3.01. The van der Waals surface area contributed by atoms with Crippen molar-refractivity contribution in [3.05, 3.63) is 66.3 Å². The molecule has 0 fully saturated rings. The second-order valence-corrected chi connectivity index (χ2v) is 5.99. The van der Waals surface area contributed by atoms with E-state index in [4.69, 9.17) is 4.74 Å². The maximum atomic E-state index is 13.1. The van der Waals surface area contributed by atoms with Crippen LogP contribution in [-0.4, -0.2) is 34.4 Å². The molecule has 23 heavy (non-hydrogen) atoms. The highest BCUT2D eigenvalue weighted by atomic mass is 19.1. The summed E-state index contributed by atoms with van der Waals surface area (Å²) in [6.45, 7) is 8.37. The Labute approximate surface area is 136 Å². The van der Waals surface area contributed by atoms with Crippen LogP contribution in [0, 0.1) is 11.7 Å². The molecule has 0 saturated carbocycles. The molecule has 122 valence electrons. The fourth-order valence-electron chi connectivity index (χ4n) is 3.01. The largest absolute Gasteiger partial charge is 0.377 e. The van der Waals surface area contributed by atoms with E-state index in [-0.39, 0.29) is 5.82 Å². The van der Waals surface area contributed by atoms with E-state index in [1.807, 2.05) is 18.3 Å². The Hall–Kier alpha value is -1.98. The molecule has 0 N–H and O–H groups in total. The maximum Gasteiger partial charge on any atom is 0.123 e. The van der Waals surface area contributed by atoms with E-state index in [0.29, 0.717) is 19.1 Å². The molecule has 0 saturated heterocycles. The molecule has 1 aromatic heterocycles. The van der Waals surface area contributed by atoms with Gasteiger partial charge in [0, 0.05) is 38.3 Å². The topological polar surface area (TPSA) is 30.3 Å². The molecular formula is C18H22FN3O. The van der Waals surface area contributed by atoms with Gasteiger partial charge in [0.2, 0.25) is 0 Å². The number of halogens is 1. The maximum absolute atomic E-state index is 13.1. The summed E-state index contributed by atoms with van der Waals surface area (Å²) >= 11 is 0. The lowest BCUT2D eigenvalue weighted by molar-refractivity contribution is 0.0932. The predicted molar refractivity (Wildman–Crippen MR) is 87.2 cm³/mol. The Morgan fingerprint density at radius 1 is 1.26 bits per heavy atom. The molecule has 5 heteroatoms. The minimum Gasteiger partial charge on any atom is -0.377 e. The van der Waals surface area contributed by atoms with Crippen molar-refractivity contribution in [1.82, 2.24) is 14.7 Å².